The van der Waals surface area contributed by atoms with Crippen LogP contribution in [0.15, 0.2) is 24.5 Å². The van der Waals surface area contributed by atoms with Gasteiger partial charge in [-0.25, -0.2) is 9.48 Å². The molecule has 0 bridgehead atoms. The van der Waals surface area contributed by atoms with Gasteiger partial charge in [0, 0.05) is 18.0 Å². The fraction of sp³-hybridized carbons (Fsp3) is 0.267. The summed E-state index contributed by atoms with van der Waals surface area (Å²) in [6, 6.07) is 1.87. The van der Waals surface area contributed by atoms with Crippen LogP contribution in [0.2, 0.25) is 0 Å². The number of carbonyl (C=O) groups is 1. The van der Waals surface area contributed by atoms with E-state index in [4.69, 9.17) is 5.11 Å². The number of nitrogens with zero attached hydrogens (tertiary/aromatic N) is 3. The minimum absolute atomic E-state index is 0.732. The van der Waals surface area contributed by atoms with Gasteiger partial charge in [-0.05, 0) is 43.5 Å². The first-order valence-corrected chi connectivity index (χ1v) is 6.44. The van der Waals surface area contributed by atoms with Crippen LogP contribution in [0.5, 0.6) is 0 Å². The Labute approximate surface area is 117 Å². The fourth-order valence-corrected chi connectivity index (χ4v) is 2.26. The summed E-state index contributed by atoms with van der Waals surface area (Å²) < 4.78 is 1.85. The van der Waals surface area contributed by atoms with E-state index in [2.05, 4.69) is 17.0 Å². The van der Waals surface area contributed by atoms with Crippen LogP contribution in [0.25, 0.3) is 11.8 Å². The molecule has 1 N–H and O–H groups in total. The summed E-state index contributed by atoms with van der Waals surface area (Å²) in [5.41, 5.74) is 4.90. The van der Waals surface area contributed by atoms with Crippen molar-refractivity contribution in [3.05, 3.63) is 47.1 Å². The standard InChI is InChI=1S/C15H17N3O2/c1-4-14-10(2)17-18(11(14)3)13-7-12(8-16-9-13)5-6-15(19)20/h5-9H,4H2,1-3H3,(H,19,20)/b6-5+. The number of aliphatic carboxylic acids is 1. The van der Waals surface area contributed by atoms with Crippen molar-refractivity contribution >= 4 is 12.0 Å². The largest absolute Gasteiger partial charge is 0.478 e. The third-order valence-electron chi connectivity index (χ3n) is 3.20. The van der Waals surface area contributed by atoms with Gasteiger partial charge in [0.1, 0.15) is 0 Å². The molecule has 0 unspecified atom stereocenters. The van der Waals surface area contributed by atoms with E-state index in [1.54, 1.807) is 12.4 Å². The average Bonchev–Trinajstić information content (AvgIpc) is 2.71. The average molecular weight is 271 g/mol. The quantitative estimate of drug-likeness (QED) is 0.868. The minimum Gasteiger partial charge on any atom is -0.478 e. The van der Waals surface area contributed by atoms with Crippen molar-refractivity contribution in [2.75, 3.05) is 0 Å². The normalized spacial score (nSPS) is 11.2. The highest BCUT2D eigenvalue weighted by Crippen LogP contribution is 2.18. The van der Waals surface area contributed by atoms with E-state index in [-0.39, 0.29) is 0 Å². The van der Waals surface area contributed by atoms with E-state index in [0.717, 1.165) is 35.1 Å². The molecule has 0 aliphatic heterocycles. The van der Waals surface area contributed by atoms with Crippen LogP contribution in [-0.4, -0.2) is 25.8 Å². The number of carboxylic acid groups (broad SMARTS) is 1. The van der Waals surface area contributed by atoms with E-state index < -0.39 is 5.97 Å². The lowest BCUT2D eigenvalue weighted by atomic mass is 10.1. The van der Waals surface area contributed by atoms with E-state index in [0.29, 0.717) is 0 Å². The predicted molar refractivity (Wildman–Crippen MR) is 76.9 cm³/mol. The van der Waals surface area contributed by atoms with Gasteiger partial charge in [-0.1, -0.05) is 6.92 Å². The maximum absolute atomic E-state index is 10.5. The lowest BCUT2D eigenvalue weighted by Crippen LogP contribution is -2.00. The smallest absolute Gasteiger partial charge is 0.328 e. The van der Waals surface area contributed by atoms with Crippen molar-refractivity contribution in [2.45, 2.75) is 27.2 Å². The van der Waals surface area contributed by atoms with Crippen LogP contribution in [0.3, 0.4) is 0 Å². The third-order valence-corrected chi connectivity index (χ3v) is 3.20. The summed E-state index contributed by atoms with van der Waals surface area (Å²) in [7, 11) is 0. The zero-order chi connectivity index (χ0) is 14.7. The number of pyridine rings is 1. The highest BCUT2D eigenvalue weighted by molar-refractivity contribution is 5.85. The van der Waals surface area contributed by atoms with Crippen LogP contribution in [0, 0.1) is 13.8 Å². The van der Waals surface area contributed by atoms with Gasteiger partial charge in [0.05, 0.1) is 17.6 Å². The summed E-state index contributed by atoms with van der Waals surface area (Å²) in [6.07, 6.45) is 6.89. The molecular weight excluding hydrogens is 254 g/mol. The van der Waals surface area contributed by atoms with Crippen molar-refractivity contribution in [3.8, 4) is 5.69 Å². The van der Waals surface area contributed by atoms with Crippen molar-refractivity contribution in [3.63, 3.8) is 0 Å². The maximum atomic E-state index is 10.5. The lowest BCUT2D eigenvalue weighted by molar-refractivity contribution is -0.131. The number of aryl methyl sites for hydroxylation is 1. The molecule has 0 radical (unpaired) electrons. The van der Waals surface area contributed by atoms with E-state index in [1.807, 2.05) is 24.6 Å². The van der Waals surface area contributed by atoms with Crippen molar-refractivity contribution in [2.24, 2.45) is 0 Å². The van der Waals surface area contributed by atoms with E-state index in [9.17, 15) is 4.79 Å². The molecule has 0 fully saturated rings. The molecule has 2 aromatic heterocycles. The third kappa shape index (κ3) is 2.77. The number of rotatable bonds is 4. The van der Waals surface area contributed by atoms with Gasteiger partial charge >= 0.3 is 5.97 Å². The van der Waals surface area contributed by atoms with Gasteiger partial charge in [0.2, 0.25) is 0 Å². The second-order valence-electron chi connectivity index (χ2n) is 4.56. The molecule has 20 heavy (non-hydrogen) atoms. The van der Waals surface area contributed by atoms with E-state index >= 15 is 0 Å². The number of hydrogen-bond acceptors (Lipinski definition) is 3. The molecular formula is C15H17N3O2. The minimum atomic E-state index is -0.977. The Balaban J connectivity index is 2.43. The Morgan fingerprint density at radius 1 is 1.40 bits per heavy atom. The van der Waals surface area contributed by atoms with Gasteiger partial charge in [0.25, 0.3) is 0 Å². The molecule has 5 heteroatoms. The number of hydrogen-bond donors (Lipinski definition) is 1. The number of aromatic nitrogens is 3. The van der Waals surface area contributed by atoms with Crippen LogP contribution in [0.4, 0.5) is 0 Å². The molecule has 2 aromatic rings. The molecule has 0 amide bonds. The molecule has 0 saturated carbocycles. The summed E-state index contributed by atoms with van der Waals surface area (Å²) in [6.45, 7) is 6.12. The zero-order valence-corrected chi connectivity index (χ0v) is 11.8. The Hall–Kier alpha value is -2.43. The SMILES string of the molecule is CCc1c(C)nn(-c2cncc(/C=C/C(=O)O)c2)c1C. The van der Waals surface area contributed by atoms with Crippen LogP contribution >= 0.6 is 0 Å². The second-order valence-corrected chi connectivity index (χ2v) is 4.56. The fourth-order valence-electron chi connectivity index (χ4n) is 2.26. The molecule has 0 spiro atoms. The van der Waals surface area contributed by atoms with Gasteiger partial charge < -0.3 is 5.11 Å². The molecule has 0 atom stereocenters. The van der Waals surface area contributed by atoms with Crippen LogP contribution in [0.1, 0.15) is 29.4 Å². The molecule has 5 nitrogen and oxygen atoms in total. The Bertz CT molecular complexity index is 672. The Morgan fingerprint density at radius 2 is 2.15 bits per heavy atom. The Morgan fingerprint density at radius 3 is 2.75 bits per heavy atom. The van der Waals surface area contributed by atoms with E-state index in [1.165, 1.54) is 11.6 Å². The van der Waals surface area contributed by atoms with Crippen molar-refractivity contribution in [1.82, 2.24) is 14.8 Å². The first kappa shape index (κ1) is 14.0. The number of carboxylic acids is 1. The predicted octanol–water partition coefficient (Wildman–Crippen LogP) is 2.54. The van der Waals surface area contributed by atoms with Gasteiger partial charge in [-0.2, -0.15) is 5.10 Å². The first-order chi connectivity index (χ1) is 9.52. The zero-order valence-electron chi connectivity index (χ0n) is 11.8. The first-order valence-electron chi connectivity index (χ1n) is 6.44. The van der Waals surface area contributed by atoms with Crippen LogP contribution in [-0.2, 0) is 11.2 Å². The maximum Gasteiger partial charge on any atom is 0.328 e. The van der Waals surface area contributed by atoms with Crippen molar-refractivity contribution in [1.29, 1.82) is 0 Å². The highest BCUT2D eigenvalue weighted by atomic mass is 16.4. The Kier molecular flexibility index (Phi) is 3.98. The van der Waals surface area contributed by atoms with Crippen molar-refractivity contribution < 1.29 is 9.90 Å². The molecule has 0 aliphatic rings. The summed E-state index contributed by atoms with van der Waals surface area (Å²) >= 11 is 0. The molecule has 0 aliphatic carbocycles. The lowest BCUT2D eigenvalue weighted by Gasteiger charge is -2.05. The molecule has 0 saturated heterocycles. The topological polar surface area (TPSA) is 68.0 Å². The summed E-state index contributed by atoms with van der Waals surface area (Å²) in [4.78, 5) is 14.7. The van der Waals surface area contributed by atoms with Gasteiger partial charge in [-0.15, -0.1) is 0 Å². The summed E-state index contributed by atoms with van der Waals surface area (Å²) in [5, 5.41) is 13.2. The van der Waals surface area contributed by atoms with Gasteiger partial charge in [-0.3, -0.25) is 4.98 Å². The monoisotopic (exact) mass is 271 g/mol. The molecule has 2 heterocycles. The summed E-state index contributed by atoms with van der Waals surface area (Å²) in [5.74, 6) is -0.977. The molecule has 104 valence electrons. The highest BCUT2D eigenvalue weighted by Gasteiger charge is 2.11. The molecule has 2 rings (SSSR count). The van der Waals surface area contributed by atoms with Crippen LogP contribution < -0.4 is 0 Å². The second kappa shape index (κ2) is 5.69. The van der Waals surface area contributed by atoms with Gasteiger partial charge in [0.15, 0.2) is 0 Å². The molecule has 0 aromatic carbocycles.